The number of aryl methyl sites for hydroxylation is 4. The van der Waals surface area contributed by atoms with E-state index in [0.29, 0.717) is 11.6 Å². The minimum absolute atomic E-state index is 0.581. The molecule has 0 aromatic carbocycles. The van der Waals surface area contributed by atoms with E-state index in [1.807, 2.05) is 33.0 Å². The highest BCUT2D eigenvalue weighted by atomic mass is 16.5. The van der Waals surface area contributed by atoms with E-state index in [9.17, 15) is 0 Å². The molecule has 0 aliphatic rings. The summed E-state index contributed by atoms with van der Waals surface area (Å²) in [6.07, 6.45) is 1.60. The van der Waals surface area contributed by atoms with Crippen molar-refractivity contribution in [1.82, 2.24) is 14.8 Å². The van der Waals surface area contributed by atoms with Crippen LogP contribution in [-0.4, -0.2) is 14.8 Å². The van der Waals surface area contributed by atoms with Crippen LogP contribution in [0.4, 0.5) is 5.69 Å². The van der Waals surface area contributed by atoms with Crippen LogP contribution < -0.4 is 10.5 Å². The Morgan fingerprint density at radius 2 is 1.89 bits per heavy atom. The lowest BCUT2D eigenvalue weighted by Crippen LogP contribution is -2.01. The Morgan fingerprint density at radius 3 is 2.47 bits per heavy atom. The van der Waals surface area contributed by atoms with Crippen LogP contribution in [0.2, 0.25) is 0 Å². The predicted molar refractivity (Wildman–Crippen MR) is 75.4 cm³/mol. The van der Waals surface area contributed by atoms with Gasteiger partial charge in [0.15, 0.2) is 5.75 Å². The maximum Gasteiger partial charge on any atom is 0.241 e. The van der Waals surface area contributed by atoms with Crippen LogP contribution >= 0.6 is 0 Å². The fourth-order valence-corrected chi connectivity index (χ4v) is 2.01. The number of nitrogens with zero attached hydrogens (tertiary/aromatic N) is 3. The predicted octanol–water partition coefficient (Wildman–Crippen LogP) is 2.62. The van der Waals surface area contributed by atoms with E-state index in [0.717, 1.165) is 35.7 Å². The van der Waals surface area contributed by atoms with Crippen LogP contribution in [0.3, 0.4) is 0 Å². The molecule has 2 N–H and O–H groups in total. The minimum atomic E-state index is 0.581. The number of rotatable bonds is 4. The average molecular weight is 260 g/mol. The van der Waals surface area contributed by atoms with E-state index in [-0.39, 0.29) is 0 Å². The summed E-state index contributed by atoms with van der Waals surface area (Å²) in [6, 6.07) is 3.86. The molecule has 2 aromatic rings. The minimum Gasteiger partial charge on any atom is -0.435 e. The van der Waals surface area contributed by atoms with Gasteiger partial charge in [0.1, 0.15) is 5.69 Å². The van der Waals surface area contributed by atoms with Gasteiger partial charge in [-0.25, -0.2) is 4.68 Å². The third-order valence-electron chi connectivity index (χ3n) is 3.05. The maximum atomic E-state index is 6.06. The summed E-state index contributed by atoms with van der Waals surface area (Å²) in [7, 11) is 1.83. The third kappa shape index (κ3) is 2.54. The molecule has 0 saturated heterocycles. The van der Waals surface area contributed by atoms with Gasteiger partial charge in [-0.1, -0.05) is 13.8 Å². The Morgan fingerprint density at radius 1 is 1.21 bits per heavy atom. The first-order valence-electron chi connectivity index (χ1n) is 6.52. The smallest absolute Gasteiger partial charge is 0.241 e. The monoisotopic (exact) mass is 260 g/mol. The van der Waals surface area contributed by atoms with Gasteiger partial charge < -0.3 is 10.5 Å². The van der Waals surface area contributed by atoms with Crippen LogP contribution in [0.15, 0.2) is 12.1 Å². The molecular formula is C14H20N4O. The van der Waals surface area contributed by atoms with Crippen molar-refractivity contribution in [2.75, 3.05) is 5.73 Å². The number of nitrogen functional groups attached to an aromatic ring is 1. The molecule has 0 radical (unpaired) electrons. The highest BCUT2D eigenvalue weighted by Crippen LogP contribution is 2.31. The summed E-state index contributed by atoms with van der Waals surface area (Å²) in [6.45, 7) is 6.04. The van der Waals surface area contributed by atoms with Crippen molar-refractivity contribution in [3.8, 4) is 11.6 Å². The highest BCUT2D eigenvalue weighted by Gasteiger charge is 2.15. The van der Waals surface area contributed by atoms with E-state index < -0.39 is 0 Å². The lowest BCUT2D eigenvalue weighted by atomic mass is 10.2. The quantitative estimate of drug-likeness (QED) is 0.917. The fraction of sp³-hybridized carbons (Fsp3) is 0.429. The van der Waals surface area contributed by atoms with Crippen molar-refractivity contribution >= 4 is 5.69 Å². The van der Waals surface area contributed by atoms with Gasteiger partial charge in [0.25, 0.3) is 0 Å². The molecule has 5 nitrogen and oxygen atoms in total. The molecule has 0 bridgehead atoms. The molecule has 19 heavy (non-hydrogen) atoms. The molecule has 2 aromatic heterocycles. The maximum absolute atomic E-state index is 6.06. The summed E-state index contributed by atoms with van der Waals surface area (Å²) in [4.78, 5) is 4.48. The second-order valence-corrected chi connectivity index (χ2v) is 4.50. The second-order valence-electron chi connectivity index (χ2n) is 4.50. The summed E-state index contributed by atoms with van der Waals surface area (Å²) in [5, 5.41) is 4.34. The molecule has 2 heterocycles. The molecule has 102 valence electrons. The average Bonchev–Trinajstić information content (AvgIpc) is 2.67. The van der Waals surface area contributed by atoms with Crippen molar-refractivity contribution in [1.29, 1.82) is 0 Å². The number of hydrogen-bond acceptors (Lipinski definition) is 4. The molecule has 0 unspecified atom stereocenters. The van der Waals surface area contributed by atoms with Gasteiger partial charge in [-0.05, 0) is 31.9 Å². The molecule has 0 spiro atoms. The van der Waals surface area contributed by atoms with Crippen LogP contribution in [-0.2, 0) is 19.9 Å². The molecule has 5 heteroatoms. The largest absolute Gasteiger partial charge is 0.435 e. The van der Waals surface area contributed by atoms with Gasteiger partial charge in [0.05, 0.1) is 11.4 Å². The number of hydrogen-bond donors (Lipinski definition) is 1. The number of pyridine rings is 1. The topological polar surface area (TPSA) is 66.0 Å². The first-order chi connectivity index (χ1) is 9.06. The summed E-state index contributed by atoms with van der Waals surface area (Å²) >= 11 is 0. The standard InChI is InChI=1S/C14H20N4O/c1-5-10-12(8-7-9(3)16-10)19-14-13(15)11(6-2)17-18(14)4/h7-8H,5-6,15H2,1-4H3. The zero-order chi connectivity index (χ0) is 14.0. The second kappa shape index (κ2) is 5.30. The van der Waals surface area contributed by atoms with E-state index in [1.54, 1.807) is 4.68 Å². The van der Waals surface area contributed by atoms with E-state index in [2.05, 4.69) is 17.0 Å². The first-order valence-corrected chi connectivity index (χ1v) is 6.52. The molecule has 0 fully saturated rings. The van der Waals surface area contributed by atoms with Crippen molar-refractivity contribution in [3.63, 3.8) is 0 Å². The van der Waals surface area contributed by atoms with E-state index in [1.165, 1.54) is 0 Å². The summed E-state index contributed by atoms with van der Waals surface area (Å²) < 4.78 is 7.59. The molecule has 0 saturated carbocycles. The number of anilines is 1. The normalized spacial score (nSPS) is 10.7. The lowest BCUT2D eigenvalue weighted by Gasteiger charge is -2.10. The summed E-state index contributed by atoms with van der Waals surface area (Å²) in [5.74, 6) is 1.32. The Kier molecular flexibility index (Phi) is 3.74. The number of aromatic nitrogens is 3. The summed E-state index contributed by atoms with van der Waals surface area (Å²) in [5.41, 5.74) is 9.43. The number of ether oxygens (including phenoxy) is 1. The molecule has 2 rings (SSSR count). The molecule has 0 atom stereocenters. The van der Waals surface area contributed by atoms with Crippen molar-refractivity contribution in [2.45, 2.75) is 33.6 Å². The van der Waals surface area contributed by atoms with Crippen molar-refractivity contribution < 1.29 is 4.74 Å². The zero-order valence-electron chi connectivity index (χ0n) is 11.9. The van der Waals surface area contributed by atoms with Crippen LogP contribution in [0, 0.1) is 6.92 Å². The SMILES string of the molecule is CCc1nc(C)ccc1Oc1c(N)c(CC)nn1C. The van der Waals surface area contributed by atoms with Crippen LogP contribution in [0.5, 0.6) is 11.6 Å². The van der Waals surface area contributed by atoms with Gasteiger partial charge in [0, 0.05) is 12.7 Å². The van der Waals surface area contributed by atoms with Crippen molar-refractivity contribution in [2.24, 2.45) is 7.05 Å². The highest BCUT2D eigenvalue weighted by molar-refractivity contribution is 5.54. The lowest BCUT2D eigenvalue weighted by molar-refractivity contribution is 0.425. The molecule has 0 aliphatic carbocycles. The Balaban J connectivity index is 2.39. The van der Waals surface area contributed by atoms with Crippen LogP contribution in [0.1, 0.15) is 30.9 Å². The first kappa shape index (κ1) is 13.4. The van der Waals surface area contributed by atoms with Crippen LogP contribution in [0.25, 0.3) is 0 Å². The third-order valence-corrected chi connectivity index (χ3v) is 3.05. The Labute approximate surface area is 113 Å². The Bertz CT molecular complexity index is 589. The molecule has 0 aliphatic heterocycles. The van der Waals surface area contributed by atoms with Gasteiger partial charge >= 0.3 is 0 Å². The van der Waals surface area contributed by atoms with Gasteiger partial charge in [-0.2, -0.15) is 5.10 Å². The van der Waals surface area contributed by atoms with Gasteiger partial charge in [0.2, 0.25) is 5.88 Å². The fourth-order valence-electron chi connectivity index (χ4n) is 2.01. The van der Waals surface area contributed by atoms with E-state index in [4.69, 9.17) is 10.5 Å². The molecule has 0 amide bonds. The molecular weight excluding hydrogens is 240 g/mol. The van der Waals surface area contributed by atoms with Gasteiger partial charge in [-0.15, -0.1) is 0 Å². The zero-order valence-corrected chi connectivity index (χ0v) is 11.9. The number of nitrogens with two attached hydrogens (primary N) is 1. The van der Waals surface area contributed by atoms with Crippen molar-refractivity contribution in [3.05, 3.63) is 29.2 Å². The Hall–Kier alpha value is -2.04. The van der Waals surface area contributed by atoms with E-state index >= 15 is 0 Å². The van der Waals surface area contributed by atoms with Gasteiger partial charge in [-0.3, -0.25) is 4.98 Å².